The van der Waals surface area contributed by atoms with Crippen molar-refractivity contribution in [2.24, 2.45) is 16.6 Å². The number of β-amino-alcohol motifs (C(OH)–C–C–N with tert-alkyl or cyclic N) is 1. The highest BCUT2D eigenvalue weighted by Gasteiger charge is 2.28. The minimum absolute atomic E-state index is 0.120. The number of nitrogens with zero attached hydrogens (tertiary/aromatic N) is 2. The van der Waals surface area contributed by atoms with Crippen molar-refractivity contribution in [2.45, 2.75) is 12.6 Å². The molecule has 0 aromatic rings. The highest BCUT2D eigenvalue weighted by molar-refractivity contribution is 5.94. The van der Waals surface area contributed by atoms with Crippen molar-refractivity contribution in [3.05, 3.63) is 47.6 Å². The Hall–Kier alpha value is -2.94. The Labute approximate surface area is 159 Å². The Morgan fingerprint density at radius 1 is 1.52 bits per heavy atom. The predicted octanol–water partition coefficient (Wildman–Crippen LogP) is -1.11. The molecule has 0 spiro atoms. The summed E-state index contributed by atoms with van der Waals surface area (Å²) in [4.78, 5) is 18.0. The van der Waals surface area contributed by atoms with Crippen LogP contribution in [0.5, 0.6) is 0 Å². The van der Waals surface area contributed by atoms with Crippen LogP contribution in [-0.2, 0) is 4.79 Å². The predicted molar refractivity (Wildman–Crippen MR) is 106 cm³/mol. The molecule has 1 heterocycles. The van der Waals surface area contributed by atoms with Gasteiger partial charge in [-0.05, 0) is 12.5 Å². The van der Waals surface area contributed by atoms with Crippen molar-refractivity contribution in [1.82, 2.24) is 26.2 Å². The van der Waals surface area contributed by atoms with Gasteiger partial charge in [-0.3, -0.25) is 9.79 Å². The Kier molecular flexibility index (Phi) is 7.30. The van der Waals surface area contributed by atoms with Crippen LogP contribution in [0.25, 0.3) is 0 Å². The molecule has 0 aromatic carbocycles. The molecule has 7 N–H and O–H groups in total. The van der Waals surface area contributed by atoms with Crippen LogP contribution in [0.3, 0.4) is 0 Å². The van der Waals surface area contributed by atoms with Gasteiger partial charge in [0, 0.05) is 32.8 Å². The summed E-state index contributed by atoms with van der Waals surface area (Å²) >= 11 is 0. The van der Waals surface area contributed by atoms with Gasteiger partial charge in [0.05, 0.1) is 13.2 Å². The maximum atomic E-state index is 12.1. The van der Waals surface area contributed by atoms with E-state index in [0.717, 1.165) is 6.42 Å². The lowest BCUT2D eigenvalue weighted by Gasteiger charge is -2.24. The zero-order valence-corrected chi connectivity index (χ0v) is 16.0. The smallest absolute Gasteiger partial charge is 0.271 e. The molecule has 2 rings (SSSR count). The molecule has 1 aliphatic carbocycles. The second-order valence-electron chi connectivity index (χ2n) is 6.18. The normalized spacial score (nSPS) is 21.2. The van der Waals surface area contributed by atoms with E-state index in [-0.39, 0.29) is 18.4 Å². The number of likely N-dealkylation sites (N-methyl/N-ethyl adjacent to an activating group) is 1. The number of aliphatic hydroxyl groups is 1. The van der Waals surface area contributed by atoms with E-state index in [9.17, 15) is 9.90 Å². The topological polar surface area (TPSA) is 127 Å². The molecular formula is C18H29N7O2. The number of hydrogen-bond donors (Lipinski definition) is 6. The van der Waals surface area contributed by atoms with Gasteiger partial charge < -0.3 is 37.0 Å². The van der Waals surface area contributed by atoms with Crippen LogP contribution in [0.4, 0.5) is 0 Å². The number of carbonyl (C=O) groups excluding carboxylic acids is 1. The van der Waals surface area contributed by atoms with Gasteiger partial charge in [-0.1, -0.05) is 24.3 Å². The molecule has 9 nitrogen and oxygen atoms in total. The lowest BCUT2D eigenvalue weighted by Crippen LogP contribution is -2.45. The van der Waals surface area contributed by atoms with E-state index in [4.69, 9.17) is 5.73 Å². The molecule has 2 atom stereocenters. The number of allylic oxidation sites excluding steroid dienone is 4. The highest BCUT2D eigenvalue weighted by atomic mass is 16.3. The third-order valence-electron chi connectivity index (χ3n) is 4.35. The summed E-state index contributed by atoms with van der Waals surface area (Å²) in [5.74, 6) is 0.985. The van der Waals surface area contributed by atoms with Gasteiger partial charge in [0.2, 0.25) is 0 Å². The molecule has 0 bridgehead atoms. The number of aliphatic imine (C=N–C) groups is 1. The second kappa shape index (κ2) is 9.67. The Morgan fingerprint density at radius 2 is 2.30 bits per heavy atom. The van der Waals surface area contributed by atoms with Crippen LogP contribution in [0.15, 0.2) is 52.6 Å². The molecule has 2 aliphatic rings. The molecule has 148 valence electrons. The number of hydrogen-bond acceptors (Lipinski definition) is 7. The van der Waals surface area contributed by atoms with Crippen LogP contribution in [-0.4, -0.2) is 62.3 Å². The maximum absolute atomic E-state index is 12.1. The first-order valence-corrected chi connectivity index (χ1v) is 8.84. The molecule has 9 heteroatoms. The zero-order valence-electron chi connectivity index (χ0n) is 16.0. The highest BCUT2D eigenvalue weighted by Crippen LogP contribution is 2.17. The molecule has 1 aliphatic heterocycles. The third-order valence-corrected chi connectivity index (χ3v) is 4.35. The minimum atomic E-state index is -0.938. The summed E-state index contributed by atoms with van der Waals surface area (Å²) in [5.41, 5.74) is 7.28. The molecule has 27 heavy (non-hydrogen) atoms. The zero-order chi connectivity index (χ0) is 19.8. The van der Waals surface area contributed by atoms with Gasteiger partial charge >= 0.3 is 0 Å². The summed E-state index contributed by atoms with van der Waals surface area (Å²) in [5, 5.41) is 22.0. The molecule has 1 amide bonds. The first kappa shape index (κ1) is 20.4. The van der Waals surface area contributed by atoms with Crippen molar-refractivity contribution < 1.29 is 9.90 Å². The number of nitrogens with two attached hydrogens (primary N) is 1. The monoisotopic (exact) mass is 375 g/mol. The number of amidine groups is 1. The van der Waals surface area contributed by atoms with Crippen LogP contribution < -0.4 is 27.0 Å². The number of aliphatic hydroxyl groups excluding tert-OH is 1. The number of amides is 1. The largest absolute Gasteiger partial charge is 0.401 e. The van der Waals surface area contributed by atoms with Crippen LogP contribution in [0, 0.1) is 5.92 Å². The average molecular weight is 375 g/mol. The molecule has 0 saturated heterocycles. The van der Waals surface area contributed by atoms with E-state index in [1.807, 2.05) is 18.2 Å². The van der Waals surface area contributed by atoms with Crippen LogP contribution in [0.2, 0.25) is 0 Å². The summed E-state index contributed by atoms with van der Waals surface area (Å²) in [7, 11) is 4.92. The van der Waals surface area contributed by atoms with E-state index in [0.29, 0.717) is 29.7 Å². The first-order valence-electron chi connectivity index (χ1n) is 8.84. The van der Waals surface area contributed by atoms with Gasteiger partial charge in [0.15, 0.2) is 0 Å². The summed E-state index contributed by atoms with van der Waals surface area (Å²) < 4.78 is 0. The summed E-state index contributed by atoms with van der Waals surface area (Å²) in [6, 6.07) is 0. The van der Waals surface area contributed by atoms with Crippen molar-refractivity contribution in [1.29, 1.82) is 0 Å². The van der Waals surface area contributed by atoms with E-state index >= 15 is 0 Å². The molecule has 0 fully saturated rings. The molecule has 0 radical (unpaired) electrons. The first-order chi connectivity index (χ1) is 13.0. The van der Waals surface area contributed by atoms with Crippen LogP contribution in [0.1, 0.15) is 6.42 Å². The Morgan fingerprint density at radius 3 is 2.89 bits per heavy atom. The molecular weight excluding hydrogens is 346 g/mol. The lowest BCUT2D eigenvalue weighted by molar-refractivity contribution is -0.118. The van der Waals surface area contributed by atoms with Gasteiger partial charge in [-0.2, -0.15) is 0 Å². The SMILES string of the molecule is C/N=C(\C=C(/N)C1C=CC=CC1)NC(O)CN1CNC(NC)=C1C(=O)NC. The van der Waals surface area contributed by atoms with Crippen molar-refractivity contribution >= 4 is 11.7 Å². The third kappa shape index (κ3) is 5.27. The Balaban J connectivity index is 2.00. The number of carbonyl (C=O) groups is 1. The molecule has 0 saturated carbocycles. The fraction of sp³-hybridized carbons (Fsp3) is 0.444. The van der Waals surface area contributed by atoms with E-state index in [1.54, 1.807) is 32.1 Å². The molecule has 2 unspecified atom stereocenters. The second-order valence-corrected chi connectivity index (χ2v) is 6.18. The van der Waals surface area contributed by atoms with Crippen molar-refractivity contribution in [3.8, 4) is 0 Å². The quantitative estimate of drug-likeness (QED) is 0.189. The number of nitrogens with one attached hydrogen (secondary N) is 4. The van der Waals surface area contributed by atoms with Crippen molar-refractivity contribution in [2.75, 3.05) is 34.4 Å². The van der Waals surface area contributed by atoms with E-state index in [1.165, 1.54) is 0 Å². The molecule has 0 aromatic heterocycles. The van der Waals surface area contributed by atoms with E-state index in [2.05, 4.69) is 32.3 Å². The number of rotatable bonds is 7. The van der Waals surface area contributed by atoms with Gasteiger partial charge in [-0.25, -0.2) is 0 Å². The maximum Gasteiger partial charge on any atom is 0.271 e. The Bertz CT molecular complexity index is 694. The van der Waals surface area contributed by atoms with Crippen molar-refractivity contribution in [3.63, 3.8) is 0 Å². The summed E-state index contributed by atoms with van der Waals surface area (Å²) in [6.07, 6.45) is 9.67. The van der Waals surface area contributed by atoms with Gasteiger partial charge in [0.25, 0.3) is 5.91 Å². The fourth-order valence-corrected chi connectivity index (χ4v) is 2.92. The lowest BCUT2D eigenvalue weighted by atomic mass is 9.97. The standard InChI is InChI=1S/C18H29N7O2/c1-20-14(9-13(19)12-7-5-4-6-8-12)24-15(26)10-25-11-23-17(21-2)16(25)18(27)22-3/h4-7,9,12,15,21,23,26H,8,10-11,19H2,1-3H3,(H,20,24)(H,22,27)/b13-9-. The van der Waals surface area contributed by atoms with E-state index < -0.39 is 6.23 Å². The summed E-state index contributed by atoms with van der Waals surface area (Å²) in [6.45, 7) is 0.604. The minimum Gasteiger partial charge on any atom is -0.401 e. The van der Waals surface area contributed by atoms with Crippen LogP contribution >= 0.6 is 0 Å². The average Bonchev–Trinajstić information content (AvgIpc) is 3.09. The van der Waals surface area contributed by atoms with Gasteiger partial charge in [0.1, 0.15) is 23.6 Å². The van der Waals surface area contributed by atoms with Gasteiger partial charge in [-0.15, -0.1) is 0 Å². The fourth-order valence-electron chi connectivity index (χ4n) is 2.92.